The van der Waals surface area contributed by atoms with Crippen LogP contribution in [0.2, 0.25) is 0 Å². The minimum Gasteiger partial charge on any atom is -0.462 e. The van der Waals surface area contributed by atoms with Gasteiger partial charge in [0.2, 0.25) is 0 Å². The van der Waals surface area contributed by atoms with Gasteiger partial charge in [-0.15, -0.1) is 0 Å². The van der Waals surface area contributed by atoms with Gasteiger partial charge in [-0.3, -0.25) is 9.59 Å². The van der Waals surface area contributed by atoms with Crippen molar-refractivity contribution in [1.82, 2.24) is 0 Å². The number of Topliss-reactive ketones (excluding diaryl/α,β-unsaturated/α-hetero) is 1. The fraction of sp³-hybridized carbons (Fsp3) is 0.682. The number of fused-ring (bicyclic) bond motifs is 1. The number of allylic oxidation sites excluding steroid dienone is 1. The molecule has 0 unspecified atom stereocenters. The van der Waals surface area contributed by atoms with Gasteiger partial charge in [0, 0.05) is 23.8 Å². The van der Waals surface area contributed by atoms with E-state index >= 15 is 0 Å². The van der Waals surface area contributed by atoms with Gasteiger partial charge < -0.3 is 14.6 Å². The lowest BCUT2D eigenvalue weighted by Gasteiger charge is -2.58. The number of carbonyl (C=O) groups is 3. The Labute approximate surface area is 166 Å². The number of aliphatic hydroxyl groups excluding tert-OH is 1. The van der Waals surface area contributed by atoms with Gasteiger partial charge in [0.05, 0.1) is 0 Å². The number of cyclic esters (lactones) is 1. The van der Waals surface area contributed by atoms with Crippen LogP contribution in [0.25, 0.3) is 0 Å². The summed E-state index contributed by atoms with van der Waals surface area (Å²) in [6.45, 7) is 9.49. The zero-order valence-electron chi connectivity index (χ0n) is 17.3. The first kappa shape index (κ1) is 20.8. The number of rotatable bonds is 4. The van der Waals surface area contributed by atoms with Gasteiger partial charge in [-0.1, -0.05) is 26.3 Å². The third kappa shape index (κ3) is 3.21. The number of carbonyl (C=O) groups excluding carboxylic acids is 3. The molecule has 0 radical (unpaired) electrons. The smallest absolute Gasteiger partial charge is 0.334 e. The first-order valence-corrected chi connectivity index (χ1v) is 9.96. The van der Waals surface area contributed by atoms with E-state index in [1.807, 2.05) is 13.8 Å². The molecule has 154 valence electrons. The number of hydrogen-bond donors (Lipinski definition) is 1. The van der Waals surface area contributed by atoms with E-state index in [2.05, 4.69) is 6.92 Å². The van der Waals surface area contributed by atoms with Gasteiger partial charge in [0.1, 0.15) is 18.8 Å². The average Bonchev–Trinajstić information content (AvgIpc) is 3.00. The number of aliphatic hydroxyl groups is 1. The van der Waals surface area contributed by atoms with Crippen LogP contribution in [0, 0.1) is 16.7 Å². The highest BCUT2D eigenvalue weighted by molar-refractivity contribution is 6.00. The van der Waals surface area contributed by atoms with Crippen molar-refractivity contribution in [1.29, 1.82) is 0 Å². The van der Waals surface area contributed by atoms with Crippen LogP contribution < -0.4 is 0 Å². The molecular weight excluding hydrogens is 360 g/mol. The molecule has 1 aliphatic heterocycles. The molecule has 0 aromatic heterocycles. The van der Waals surface area contributed by atoms with E-state index in [1.54, 1.807) is 13.0 Å². The van der Waals surface area contributed by atoms with Gasteiger partial charge >= 0.3 is 11.9 Å². The summed E-state index contributed by atoms with van der Waals surface area (Å²) in [5.41, 5.74) is 1.28. The van der Waals surface area contributed by atoms with Crippen LogP contribution in [0.3, 0.4) is 0 Å². The molecule has 28 heavy (non-hydrogen) atoms. The lowest BCUT2D eigenvalue weighted by atomic mass is 9.48. The number of esters is 2. The summed E-state index contributed by atoms with van der Waals surface area (Å²) in [5, 5.41) is 10.9. The fourth-order valence-electron chi connectivity index (χ4n) is 5.77. The topological polar surface area (TPSA) is 89.9 Å². The lowest BCUT2D eigenvalue weighted by molar-refractivity contribution is -0.178. The van der Waals surface area contributed by atoms with E-state index in [0.717, 1.165) is 5.57 Å². The van der Waals surface area contributed by atoms with E-state index in [-0.39, 0.29) is 29.7 Å². The molecule has 2 aliphatic carbocycles. The van der Waals surface area contributed by atoms with E-state index in [4.69, 9.17) is 9.47 Å². The summed E-state index contributed by atoms with van der Waals surface area (Å²) < 4.78 is 10.5. The molecule has 0 aromatic rings. The van der Waals surface area contributed by atoms with E-state index < -0.39 is 16.9 Å². The molecule has 1 heterocycles. The van der Waals surface area contributed by atoms with Crippen molar-refractivity contribution in [3.63, 3.8) is 0 Å². The van der Waals surface area contributed by atoms with Crippen molar-refractivity contribution in [2.24, 2.45) is 16.7 Å². The molecule has 1 N–H and O–H groups in total. The Balaban J connectivity index is 1.96. The minimum absolute atomic E-state index is 0.267. The maximum absolute atomic E-state index is 12.9. The maximum Gasteiger partial charge on any atom is 0.334 e. The van der Waals surface area contributed by atoms with Gasteiger partial charge in [0.15, 0.2) is 5.78 Å². The minimum atomic E-state index is -1.13. The number of ketones is 1. The van der Waals surface area contributed by atoms with Crippen molar-refractivity contribution in [2.45, 2.75) is 72.5 Å². The van der Waals surface area contributed by atoms with Crippen molar-refractivity contribution in [2.75, 3.05) is 6.61 Å². The quantitative estimate of drug-likeness (QED) is 0.743. The molecule has 0 saturated heterocycles. The highest BCUT2D eigenvalue weighted by atomic mass is 16.5. The summed E-state index contributed by atoms with van der Waals surface area (Å²) in [6.07, 6.45) is 2.79. The van der Waals surface area contributed by atoms with Crippen LogP contribution in [0.4, 0.5) is 0 Å². The second-order valence-electron chi connectivity index (χ2n) is 9.09. The monoisotopic (exact) mass is 390 g/mol. The van der Waals surface area contributed by atoms with Gasteiger partial charge in [-0.05, 0) is 49.7 Å². The predicted octanol–water partition coefficient (Wildman–Crippen LogP) is 2.88. The number of ether oxygens (including phenoxy) is 2. The van der Waals surface area contributed by atoms with Crippen LogP contribution in [0.15, 0.2) is 22.8 Å². The Morgan fingerprint density at radius 1 is 1.29 bits per heavy atom. The fourth-order valence-corrected chi connectivity index (χ4v) is 5.77. The molecule has 0 bridgehead atoms. The summed E-state index contributed by atoms with van der Waals surface area (Å²) in [7, 11) is 0. The molecule has 1 saturated carbocycles. The highest BCUT2D eigenvalue weighted by Gasteiger charge is 2.60. The summed E-state index contributed by atoms with van der Waals surface area (Å²) in [6, 6.07) is 0. The molecule has 3 aliphatic rings. The Morgan fingerprint density at radius 2 is 1.96 bits per heavy atom. The Hall–Kier alpha value is -1.95. The normalized spacial score (nSPS) is 34.6. The largest absolute Gasteiger partial charge is 0.462 e. The van der Waals surface area contributed by atoms with Crippen LogP contribution >= 0.6 is 0 Å². The van der Waals surface area contributed by atoms with Crippen molar-refractivity contribution < 1.29 is 29.0 Å². The van der Waals surface area contributed by atoms with Crippen LogP contribution in [0.5, 0.6) is 0 Å². The van der Waals surface area contributed by atoms with Gasteiger partial charge in [-0.2, -0.15) is 0 Å². The molecule has 6 nitrogen and oxygen atoms in total. The Kier molecular flexibility index (Phi) is 5.30. The number of hydrogen-bond acceptors (Lipinski definition) is 6. The van der Waals surface area contributed by atoms with Crippen molar-refractivity contribution >= 4 is 17.7 Å². The summed E-state index contributed by atoms with van der Waals surface area (Å²) in [5.74, 6) is -1.27. The van der Waals surface area contributed by atoms with Crippen molar-refractivity contribution in [3.8, 4) is 0 Å². The Morgan fingerprint density at radius 3 is 2.54 bits per heavy atom. The van der Waals surface area contributed by atoms with E-state index in [1.165, 1.54) is 6.92 Å². The summed E-state index contributed by atoms with van der Waals surface area (Å²) >= 11 is 0. The molecule has 0 amide bonds. The van der Waals surface area contributed by atoms with Crippen LogP contribution in [-0.4, -0.2) is 41.6 Å². The maximum atomic E-state index is 12.9. The van der Waals surface area contributed by atoms with Crippen LogP contribution in [0.1, 0.15) is 60.3 Å². The third-order valence-corrected chi connectivity index (χ3v) is 7.10. The van der Waals surface area contributed by atoms with E-state index in [0.29, 0.717) is 43.4 Å². The molecule has 4 atom stereocenters. The standard InChI is InChI=1S/C22H30O6/c1-12-15(7-6-14-9-11-27-20(14)26)22(5)10-8-16(28-13(2)23)21(3,4)19(22)18(25)17(12)24/h9,16,18-19,25H,6-8,10-11H2,1-5H3/t16-,18-,19+,22-/m1/s1. The van der Waals surface area contributed by atoms with E-state index in [9.17, 15) is 19.5 Å². The Bertz CT molecular complexity index is 774. The van der Waals surface area contributed by atoms with Crippen molar-refractivity contribution in [3.05, 3.63) is 22.8 Å². The lowest BCUT2D eigenvalue weighted by Crippen LogP contribution is -2.60. The molecule has 1 fully saturated rings. The summed E-state index contributed by atoms with van der Waals surface area (Å²) in [4.78, 5) is 36.3. The zero-order chi connectivity index (χ0) is 20.9. The molecule has 3 rings (SSSR count). The predicted molar refractivity (Wildman–Crippen MR) is 102 cm³/mol. The molecule has 6 heteroatoms. The molecular formula is C22H30O6. The van der Waals surface area contributed by atoms with Crippen LogP contribution in [-0.2, 0) is 23.9 Å². The van der Waals surface area contributed by atoms with Gasteiger partial charge in [0.25, 0.3) is 0 Å². The second kappa shape index (κ2) is 7.14. The first-order valence-electron chi connectivity index (χ1n) is 9.96. The highest BCUT2D eigenvalue weighted by Crippen LogP contribution is 2.60. The SMILES string of the molecule is CC(=O)O[C@@H]1CC[C@]2(C)C(CCC3=CCOC3=O)=C(C)C(=O)[C@@H](O)[C@H]2C1(C)C. The molecule has 0 spiro atoms. The second-order valence-corrected chi connectivity index (χ2v) is 9.09. The third-order valence-electron chi connectivity index (χ3n) is 7.10. The van der Waals surface area contributed by atoms with Gasteiger partial charge in [-0.25, -0.2) is 4.79 Å². The average molecular weight is 390 g/mol. The molecule has 0 aromatic carbocycles. The first-order chi connectivity index (χ1) is 13.0. The zero-order valence-corrected chi connectivity index (χ0v) is 17.3.